The lowest BCUT2D eigenvalue weighted by Gasteiger charge is -2.36. The molecule has 1 amide bonds. The maximum atomic E-state index is 12.9. The molecule has 5 nitrogen and oxygen atoms in total. The summed E-state index contributed by atoms with van der Waals surface area (Å²) in [5.74, 6) is 0.964. The Morgan fingerprint density at radius 1 is 1.00 bits per heavy atom. The summed E-state index contributed by atoms with van der Waals surface area (Å²) in [6, 6.07) is 15.9. The van der Waals surface area contributed by atoms with Crippen LogP contribution in [0.2, 0.25) is 0 Å². The Hall–Kier alpha value is -2.95. The van der Waals surface area contributed by atoms with Gasteiger partial charge in [0.1, 0.15) is 5.75 Å². The Labute approximate surface area is 146 Å². The number of ether oxygens (including phenoxy) is 1. The van der Waals surface area contributed by atoms with Crippen molar-refractivity contribution in [2.75, 3.05) is 38.2 Å². The summed E-state index contributed by atoms with van der Waals surface area (Å²) in [4.78, 5) is 20.3. The van der Waals surface area contributed by atoms with Crippen LogP contribution < -0.4 is 9.64 Å². The van der Waals surface area contributed by atoms with Gasteiger partial charge >= 0.3 is 0 Å². The number of anilines is 1. The monoisotopic (exact) mass is 335 g/mol. The van der Waals surface area contributed by atoms with Crippen molar-refractivity contribution in [3.63, 3.8) is 0 Å². The fourth-order valence-corrected chi connectivity index (χ4v) is 3.47. The summed E-state index contributed by atoms with van der Waals surface area (Å²) < 4.78 is 5.46. The highest BCUT2D eigenvalue weighted by molar-refractivity contribution is 6.05. The predicted molar refractivity (Wildman–Crippen MR) is 99.4 cm³/mol. The Bertz CT molecular complexity index is 895. The fourth-order valence-electron chi connectivity index (χ4n) is 3.47. The van der Waals surface area contributed by atoms with Crippen molar-refractivity contribution < 1.29 is 9.53 Å². The lowest BCUT2D eigenvalue weighted by Crippen LogP contribution is -2.48. The van der Waals surface area contributed by atoms with E-state index in [-0.39, 0.29) is 5.91 Å². The molecule has 0 unspecified atom stereocenters. The number of carbonyl (C=O) groups excluding carboxylic acids is 1. The normalized spacial score (nSPS) is 14.8. The van der Waals surface area contributed by atoms with Crippen molar-refractivity contribution in [1.82, 2.24) is 9.88 Å². The van der Waals surface area contributed by atoms with E-state index in [9.17, 15) is 4.79 Å². The van der Waals surface area contributed by atoms with Crippen LogP contribution in [0, 0.1) is 0 Å². The first kappa shape index (κ1) is 15.6. The first-order chi connectivity index (χ1) is 12.3. The van der Waals surface area contributed by atoms with Crippen LogP contribution in [-0.4, -0.2) is 49.1 Å². The van der Waals surface area contributed by atoms with Gasteiger partial charge in [-0.25, -0.2) is 0 Å². The number of rotatable bonds is 3. The van der Waals surface area contributed by atoms with Crippen LogP contribution in [0.15, 0.2) is 54.7 Å². The van der Waals surface area contributed by atoms with E-state index in [1.807, 2.05) is 53.6 Å². The van der Waals surface area contributed by atoms with Gasteiger partial charge in [0.25, 0.3) is 5.91 Å². The summed E-state index contributed by atoms with van der Waals surface area (Å²) in [6.45, 7) is 3.00. The topological polar surface area (TPSA) is 48.6 Å². The van der Waals surface area contributed by atoms with Gasteiger partial charge in [-0.3, -0.25) is 4.79 Å². The average Bonchev–Trinajstić information content (AvgIpc) is 3.16. The van der Waals surface area contributed by atoms with Gasteiger partial charge in [0, 0.05) is 37.8 Å². The highest BCUT2D eigenvalue weighted by atomic mass is 16.5. The quantitative estimate of drug-likeness (QED) is 0.800. The van der Waals surface area contributed by atoms with Crippen LogP contribution in [0.5, 0.6) is 5.75 Å². The molecule has 1 aliphatic rings. The highest BCUT2D eigenvalue weighted by Gasteiger charge is 2.24. The van der Waals surface area contributed by atoms with Crippen LogP contribution in [0.25, 0.3) is 10.9 Å². The molecule has 3 aromatic rings. The molecule has 0 aliphatic carbocycles. The van der Waals surface area contributed by atoms with Crippen molar-refractivity contribution in [2.45, 2.75) is 0 Å². The van der Waals surface area contributed by atoms with Crippen molar-refractivity contribution >= 4 is 22.5 Å². The largest absolute Gasteiger partial charge is 0.495 e. The zero-order chi connectivity index (χ0) is 17.2. The summed E-state index contributed by atoms with van der Waals surface area (Å²) in [7, 11) is 1.69. The second-order valence-corrected chi connectivity index (χ2v) is 6.20. The zero-order valence-electron chi connectivity index (χ0n) is 14.2. The maximum absolute atomic E-state index is 12.9. The minimum atomic E-state index is 0.0905. The number of H-pyrrole nitrogens is 1. The number of amides is 1. The van der Waals surface area contributed by atoms with Crippen LogP contribution in [0.3, 0.4) is 0 Å². The average molecular weight is 335 g/mol. The first-order valence-corrected chi connectivity index (χ1v) is 8.51. The summed E-state index contributed by atoms with van der Waals surface area (Å²) in [6.07, 6.45) is 1.88. The number of hydrogen-bond acceptors (Lipinski definition) is 3. The molecule has 1 fully saturated rings. The van der Waals surface area contributed by atoms with Crippen molar-refractivity contribution in [3.05, 3.63) is 60.3 Å². The number of carbonyl (C=O) groups is 1. The van der Waals surface area contributed by atoms with Crippen LogP contribution in [-0.2, 0) is 0 Å². The van der Waals surface area contributed by atoms with E-state index in [1.54, 1.807) is 7.11 Å². The molecule has 2 aromatic carbocycles. The molecule has 1 N–H and O–H groups in total. The number of aromatic amines is 1. The third-order valence-corrected chi connectivity index (χ3v) is 4.81. The first-order valence-electron chi connectivity index (χ1n) is 8.51. The molecule has 0 saturated carbocycles. The number of benzene rings is 2. The Kier molecular flexibility index (Phi) is 4.06. The van der Waals surface area contributed by atoms with Crippen molar-refractivity contribution in [2.24, 2.45) is 0 Å². The van der Waals surface area contributed by atoms with Crippen LogP contribution >= 0.6 is 0 Å². The molecular weight excluding hydrogens is 314 g/mol. The van der Waals surface area contributed by atoms with Crippen molar-refractivity contribution in [1.29, 1.82) is 0 Å². The molecule has 1 saturated heterocycles. The fraction of sp³-hybridized carbons (Fsp3) is 0.250. The third-order valence-electron chi connectivity index (χ3n) is 4.81. The molecule has 4 rings (SSSR count). The van der Waals surface area contributed by atoms with Gasteiger partial charge in [0.15, 0.2) is 0 Å². The number of nitrogens with zero attached hydrogens (tertiary/aromatic N) is 2. The van der Waals surface area contributed by atoms with E-state index in [0.717, 1.165) is 41.0 Å². The Balaban J connectivity index is 1.50. The molecule has 0 atom stereocenters. The molecule has 0 radical (unpaired) electrons. The lowest BCUT2D eigenvalue weighted by atomic mass is 10.1. The van der Waals surface area contributed by atoms with Gasteiger partial charge in [0.2, 0.25) is 0 Å². The van der Waals surface area contributed by atoms with Crippen LogP contribution in [0.4, 0.5) is 5.69 Å². The standard InChI is InChI=1S/C20H21N3O2/c1-25-18-8-3-2-7-17(18)22-11-13-23(14-12-22)20(24)16-6-4-5-15-9-10-21-19(15)16/h2-10,21H,11-14H2,1H3. The number of fused-ring (bicyclic) bond motifs is 1. The molecule has 25 heavy (non-hydrogen) atoms. The lowest BCUT2D eigenvalue weighted by molar-refractivity contribution is 0.0748. The third kappa shape index (κ3) is 2.82. The van der Waals surface area contributed by atoms with E-state index in [4.69, 9.17) is 4.74 Å². The van der Waals surface area contributed by atoms with E-state index in [2.05, 4.69) is 16.0 Å². The molecule has 1 aromatic heterocycles. The molecule has 1 aliphatic heterocycles. The SMILES string of the molecule is COc1ccccc1N1CCN(C(=O)c2cccc3cc[nH]c23)CC1. The van der Waals surface area contributed by atoms with Gasteiger partial charge in [0.05, 0.1) is 23.9 Å². The minimum absolute atomic E-state index is 0.0905. The van der Waals surface area contributed by atoms with Gasteiger partial charge in [-0.15, -0.1) is 0 Å². The summed E-state index contributed by atoms with van der Waals surface area (Å²) >= 11 is 0. The second kappa shape index (κ2) is 6.51. The number of piperazine rings is 1. The van der Waals surface area contributed by atoms with E-state index in [0.29, 0.717) is 13.1 Å². The number of nitrogens with one attached hydrogen (secondary N) is 1. The van der Waals surface area contributed by atoms with Gasteiger partial charge < -0.3 is 19.5 Å². The molecule has 0 spiro atoms. The van der Waals surface area contributed by atoms with Crippen LogP contribution in [0.1, 0.15) is 10.4 Å². The zero-order valence-corrected chi connectivity index (χ0v) is 14.2. The number of hydrogen-bond donors (Lipinski definition) is 1. The molecular formula is C20H21N3O2. The second-order valence-electron chi connectivity index (χ2n) is 6.20. The Morgan fingerprint density at radius 3 is 2.60 bits per heavy atom. The molecule has 5 heteroatoms. The van der Waals surface area contributed by atoms with E-state index < -0.39 is 0 Å². The number of aromatic nitrogens is 1. The minimum Gasteiger partial charge on any atom is -0.495 e. The smallest absolute Gasteiger partial charge is 0.256 e. The van der Waals surface area contributed by atoms with Gasteiger partial charge in [-0.05, 0) is 24.3 Å². The van der Waals surface area contributed by atoms with E-state index in [1.165, 1.54) is 0 Å². The Morgan fingerprint density at radius 2 is 1.80 bits per heavy atom. The predicted octanol–water partition coefficient (Wildman–Crippen LogP) is 3.14. The summed E-state index contributed by atoms with van der Waals surface area (Å²) in [5.41, 5.74) is 2.75. The highest BCUT2D eigenvalue weighted by Crippen LogP contribution is 2.28. The van der Waals surface area contributed by atoms with E-state index >= 15 is 0 Å². The molecule has 128 valence electrons. The number of para-hydroxylation sites is 3. The molecule has 0 bridgehead atoms. The van der Waals surface area contributed by atoms with Crippen molar-refractivity contribution in [3.8, 4) is 5.75 Å². The summed E-state index contributed by atoms with van der Waals surface area (Å²) in [5, 5.41) is 1.07. The maximum Gasteiger partial charge on any atom is 0.256 e. The number of methoxy groups -OCH3 is 1. The van der Waals surface area contributed by atoms with Gasteiger partial charge in [-0.1, -0.05) is 24.3 Å². The molecule has 2 heterocycles. The van der Waals surface area contributed by atoms with Gasteiger partial charge in [-0.2, -0.15) is 0 Å².